The molecule has 0 radical (unpaired) electrons. The first-order chi connectivity index (χ1) is 11.4. The van der Waals surface area contributed by atoms with Crippen molar-refractivity contribution in [3.8, 4) is 0 Å². The Bertz CT molecular complexity index is 577. The monoisotopic (exact) mass is 337 g/mol. The molecule has 0 aliphatic carbocycles. The van der Waals surface area contributed by atoms with Gasteiger partial charge in [-0.15, -0.1) is 0 Å². The Balaban J connectivity index is 1.96. The second kappa shape index (κ2) is 8.21. The van der Waals surface area contributed by atoms with Crippen LogP contribution in [0.2, 0.25) is 0 Å². The maximum atomic E-state index is 12.9. The smallest absolute Gasteiger partial charge is 0.252 e. The molecule has 1 fully saturated rings. The molecule has 2 amide bonds. The summed E-state index contributed by atoms with van der Waals surface area (Å²) in [6.45, 7) is 3.99. The Morgan fingerprint density at radius 1 is 1.33 bits per heavy atom. The van der Waals surface area contributed by atoms with Crippen LogP contribution in [0.25, 0.3) is 0 Å². The van der Waals surface area contributed by atoms with Crippen LogP contribution < -0.4 is 11.1 Å². The summed E-state index contributed by atoms with van der Waals surface area (Å²) >= 11 is 0. The number of benzene rings is 1. The molecule has 1 heterocycles. The van der Waals surface area contributed by atoms with E-state index in [4.69, 9.17) is 10.5 Å². The largest absolute Gasteiger partial charge is 0.364 e. The van der Waals surface area contributed by atoms with Crippen molar-refractivity contribution in [3.05, 3.63) is 30.1 Å². The van der Waals surface area contributed by atoms with Crippen LogP contribution in [-0.2, 0) is 14.3 Å². The summed E-state index contributed by atoms with van der Waals surface area (Å²) in [5.41, 5.74) is 6.05. The Labute approximate surface area is 141 Å². The zero-order valence-electron chi connectivity index (χ0n) is 14.0. The fraction of sp³-hybridized carbons (Fsp3) is 0.529. The number of carbonyl (C=O) groups is 2. The molecule has 0 unspecified atom stereocenters. The third kappa shape index (κ3) is 4.75. The minimum atomic E-state index is -0.542. The van der Waals surface area contributed by atoms with Gasteiger partial charge in [0.1, 0.15) is 18.5 Å². The highest BCUT2D eigenvalue weighted by Crippen LogP contribution is 2.21. The summed E-state index contributed by atoms with van der Waals surface area (Å²) in [5, 5.41) is 2.66. The van der Waals surface area contributed by atoms with E-state index in [0.717, 1.165) is 6.42 Å². The van der Waals surface area contributed by atoms with Crippen molar-refractivity contribution < 1.29 is 18.7 Å². The Morgan fingerprint density at radius 3 is 2.54 bits per heavy atom. The lowest BCUT2D eigenvalue weighted by Gasteiger charge is -2.28. The van der Waals surface area contributed by atoms with Crippen molar-refractivity contribution in [2.24, 2.45) is 5.73 Å². The van der Waals surface area contributed by atoms with Gasteiger partial charge in [0, 0.05) is 18.3 Å². The number of amides is 2. The van der Waals surface area contributed by atoms with Gasteiger partial charge in [-0.05, 0) is 51.0 Å². The number of nitrogens with one attached hydrogen (secondary N) is 1. The third-order valence-corrected chi connectivity index (χ3v) is 3.99. The standard InChI is InChI=1S/C17H24FN3O3/c1-11(2)21(17(23)15-8-7-14(9-19)24-15)10-16(22)20-13-5-3-12(18)4-6-13/h3-6,11,14-15H,7-10,19H2,1-2H3,(H,20,22)/t14-,15+/m1/s1. The van der Waals surface area contributed by atoms with Gasteiger partial charge in [0.05, 0.1) is 6.10 Å². The van der Waals surface area contributed by atoms with E-state index in [1.807, 2.05) is 13.8 Å². The first-order valence-electron chi connectivity index (χ1n) is 8.12. The normalized spacial score (nSPS) is 20.2. The molecule has 1 aliphatic heterocycles. The summed E-state index contributed by atoms with van der Waals surface area (Å²) < 4.78 is 18.5. The quantitative estimate of drug-likeness (QED) is 0.824. The van der Waals surface area contributed by atoms with Crippen molar-refractivity contribution in [1.29, 1.82) is 0 Å². The van der Waals surface area contributed by atoms with Gasteiger partial charge in [-0.25, -0.2) is 4.39 Å². The number of anilines is 1. The van der Waals surface area contributed by atoms with Crippen LogP contribution in [-0.4, -0.2) is 48.1 Å². The molecule has 24 heavy (non-hydrogen) atoms. The molecule has 7 heteroatoms. The van der Waals surface area contributed by atoms with Gasteiger partial charge in [0.25, 0.3) is 5.91 Å². The van der Waals surface area contributed by atoms with Crippen LogP contribution in [0.3, 0.4) is 0 Å². The average molecular weight is 337 g/mol. The van der Waals surface area contributed by atoms with Crippen molar-refractivity contribution in [2.45, 2.75) is 44.9 Å². The number of hydrogen-bond donors (Lipinski definition) is 2. The molecule has 3 N–H and O–H groups in total. The zero-order chi connectivity index (χ0) is 17.7. The SMILES string of the molecule is CC(C)N(CC(=O)Nc1ccc(F)cc1)C(=O)[C@@H]1CC[C@H](CN)O1. The second-order valence-corrected chi connectivity index (χ2v) is 6.17. The van der Waals surface area contributed by atoms with E-state index in [1.54, 1.807) is 0 Å². The van der Waals surface area contributed by atoms with Crippen molar-refractivity contribution >= 4 is 17.5 Å². The fourth-order valence-electron chi connectivity index (χ4n) is 2.65. The average Bonchev–Trinajstić information content (AvgIpc) is 3.03. The molecule has 6 nitrogen and oxygen atoms in total. The van der Waals surface area contributed by atoms with Crippen LogP contribution in [0.4, 0.5) is 10.1 Å². The molecule has 1 aromatic rings. The topological polar surface area (TPSA) is 84.7 Å². The molecule has 132 valence electrons. The highest BCUT2D eigenvalue weighted by atomic mass is 19.1. The number of halogens is 1. The summed E-state index contributed by atoms with van der Waals surface area (Å²) in [4.78, 5) is 26.3. The molecular weight excluding hydrogens is 313 g/mol. The maximum Gasteiger partial charge on any atom is 0.252 e. The van der Waals surface area contributed by atoms with E-state index in [0.29, 0.717) is 18.7 Å². The van der Waals surface area contributed by atoms with Crippen LogP contribution in [0.1, 0.15) is 26.7 Å². The summed E-state index contributed by atoms with van der Waals surface area (Å²) in [6.07, 6.45) is 0.727. The van der Waals surface area contributed by atoms with Crippen molar-refractivity contribution in [2.75, 3.05) is 18.4 Å². The molecule has 1 aromatic carbocycles. The Kier molecular flexibility index (Phi) is 6.28. The second-order valence-electron chi connectivity index (χ2n) is 6.17. The molecule has 2 atom stereocenters. The Morgan fingerprint density at radius 2 is 2.00 bits per heavy atom. The number of carbonyl (C=O) groups excluding carboxylic acids is 2. The van der Waals surface area contributed by atoms with Gasteiger partial charge in [-0.1, -0.05) is 0 Å². The lowest BCUT2D eigenvalue weighted by atomic mass is 10.1. The minimum absolute atomic E-state index is 0.0823. The lowest BCUT2D eigenvalue weighted by molar-refractivity contribution is -0.146. The predicted octanol–water partition coefficient (Wildman–Crippen LogP) is 1.51. The van der Waals surface area contributed by atoms with Gasteiger partial charge in [-0.2, -0.15) is 0 Å². The number of ether oxygens (including phenoxy) is 1. The van der Waals surface area contributed by atoms with Crippen molar-refractivity contribution in [1.82, 2.24) is 4.90 Å². The van der Waals surface area contributed by atoms with Gasteiger partial charge < -0.3 is 20.7 Å². The summed E-state index contributed by atoms with van der Waals surface area (Å²) in [6, 6.07) is 5.33. The van der Waals surface area contributed by atoms with Crippen LogP contribution in [0, 0.1) is 5.82 Å². The van der Waals surface area contributed by atoms with Gasteiger partial charge in [0.15, 0.2) is 0 Å². The fourth-order valence-corrected chi connectivity index (χ4v) is 2.65. The number of hydrogen-bond acceptors (Lipinski definition) is 4. The van der Waals surface area contributed by atoms with E-state index in [-0.39, 0.29) is 36.3 Å². The molecular formula is C17H24FN3O3. The third-order valence-electron chi connectivity index (χ3n) is 3.99. The van der Waals surface area contributed by atoms with E-state index < -0.39 is 6.10 Å². The van der Waals surface area contributed by atoms with E-state index in [2.05, 4.69) is 5.32 Å². The van der Waals surface area contributed by atoms with Crippen LogP contribution >= 0.6 is 0 Å². The maximum absolute atomic E-state index is 12.9. The number of nitrogens with two attached hydrogens (primary N) is 1. The van der Waals surface area contributed by atoms with E-state index >= 15 is 0 Å². The number of nitrogens with zero attached hydrogens (tertiary/aromatic N) is 1. The van der Waals surface area contributed by atoms with Crippen LogP contribution in [0.15, 0.2) is 24.3 Å². The molecule has 0 saturated carbocycles. The zero-order valence-corrected chi connectivity index (χ0v) is 14.0. The molecule has 0 spiro atoms. The first-order valence-corrected chi connectivity index (χ1v) is 8.12. The van der Waals surface area contributed by atoms with Gasteiger partial charge in [0.2, 0.25) is 5.91 Å². The highest BCUT2D eigenvalue weighted by molar-refractivity contribution is 5.95. The summed E-state index contributed by atoms with van der Waals surface area (Å²) in [7, 11) is 0. The molecule has 0 bridgehead atoms. The lowest BCUT2D eigenvalue weighted by Crippen LogP contribution is -2.47. The minimum Gasteiger partial charge on any atom is -0.364 e. The van der Waals surface area contributed by atoms with Gasteiger partial charge in [-0.3, -0.25) is 9.59 Å². The molecule has 1 aliphatic rings. The molecule has 0 aromatic heterocycles. The first kappa shape index (κ1) is 18.4. The highest BCUT2D eigenvalue weighted by Gasteiger charge is 2.34. The van der Waals surface area contributed by atoms with E-state index in [1.165, 1.54) is 29.2 Å². The van der Waals surface area contributed by atoms with E-state index in [9.17, 15) is 14.0 Å². The van der Waals surface area contributed by atoms with Crippen molar-refractivity contribution in [3.63, 3.8) is 0 Å². The number of rotatable bonds is 6. The Hall–Kier alpha value is -1.99. The molecule has 1 saturated heterocycles. The van der Waals surface area contributed by atoms with Gasteiger partial charge >= 0.3 is 0 Å². The summed E-state index contributed by atoms with van der Waals surface area (Å²) in [5.74, 6) is -0.910. The predicted molar refractivity (Wildman–Crippen MR) is 88.8 cm³/mol. The van der Waals surface area contributed by atoms with Crippen LogP contribution in [0.5, 0.6) is 0 Å². The molecule has 2 rings (SSSR count).